The fraction of sp³-hybridized carbons (Fsp3) is 0.400. The van der Waals surface area contributed by atoms with Crippen LogP contribution in [-0.2, 0) is 10.8 Å². The molecule has 2 aromatic heterocycles. The maximum absolute atomic E-state index is 12.7. The van der Waals surface area contributed by atoms with Gasteiger partial charge in [-0.1, -0.05) is 44.2 Å². The highest BCUT2D eigenvalue weighted by molar-refractivity contribution is 7.86. The van der Waals surface area contributed by atoms with Crippen molar-refractivity contribution < 1.29 is 4.21 Å². The summed E-state index contributed by atoms with van der Waals surface area (Å²) in [4.78, 5) is 13.7. The summed E-state index contributed by atoms with van der Waals surface area (Å²) >= 11 is 1.70. The average molecular weight is 386 g/mol. The van der Waals surface area contributed by atoms with Crippen LogP contribution < -0.4 is 4.90 Å². The van der Waals surface area contributed by atoms with Gasteiger partial charge >= 0.3 is 0 Å². The molecule has 0 aliphatic carbocycles. The Morgan fingerprint density at radius 2 is 1.96 bits per heavy atom. The van der Waals surface area contributed by atoms with Crippen molar-refractivity contribution in [3.63, 3.8) is 0 Å². The lowest BCUT2D eigenvalue weighted by molar-refractivity contribution is 0.495. The third kappa shape index (κ3) is 2.95. The molecule has 0 N–H and O–H groups in total. The molecule has 4 nitrogen and oxygen atoms in total. The number of thiophene rings is 1. The van der Waals surface area contributed by atoms with Gasteiger partial charge in [-0.25, -0.2) is 9.97 Å². The Morgan fingerprint density at radius 1 is 1.19 bits per heavy atom. The number of fused-ring (bicyclic) bond motifs is 1. The molecule has 1 fully saturated rings. The van der Waals surface area contributed by atoms with E-state index < -0.39 is 10.8 Å². The van der Waals surface area contributed by atoms with Gasteiger partial charge in [-0.15, -0.1) is 11.3 Å². The Bertz CT molecular complexity index is 935. The van der Waals surface area contributed by atoms with E-state index in [1.54, 1.807) is 17.7 Å². The van der Waals surface area contributed by atoms with Crippen molar-refractivity contribution in [2.45, 2.75) is 31.4 Å². The monoisotopic (exact) mass is 385 g/mol. The molecular formula is C20H23N3OS2. The van der Waals surface area contributed by atoms with Gasteiger partial charge in [0.05, 0.1) is 10.1 Å². The third-order valence-electron chi connectivity index (χ3n) is 5.46. The van der Waals surface area contributed by atoms with Crippen LogP contribution in [0, 0.1) is 0 Å². The smallest absolute Gasteiger partial charge is 0.140 e. The van der Waals surface area contributed by atoms with Gasteiger partial charge in [0.2, 0.25) is 0 Å². The van der Waals surface area contributed by atoms with Crippen molar-refractivity contribution >= 4 is 38.2 Å². The molecule has 1 aliphatic rings. The average Bonchev–Trinajstić information content (AvgIpc) is 3.14. The normalized spacial score (nSPS) is 19.8. The molecule has 136 valence electrons. The van der Waals surface area contributed by atoms with E-state index in [9.17, 15) is 4.21 Å². The molecule has 4 rings (SSSR count). The highest BCUT2D eigenvalue weighted by atomic mass is 32.2. The predicted molar refractivity (Wildman–Crippen MR) is 111 cm³/mol. The van der Waals surface area contributed by atoms with Crippen LogP contribution in [0.2, 0.25) is 0 Å². The van der Waals surface area contributed by atoms with Gasteiger partial charge in [0.1, 0.15) is 17.0 Å². The summed E-state index contributed by atoms with van der Waals surface area (Å²) in [6.07, 6.45) is 3.52. The minimum atomic E-state index is -0.772. The Kier molecular flexibility index (Phi) is 4.80. The van der Waals surface area contributed by atoms with E-state index in [4.69, 9.17) is 0 Å². The zero-order chi connectivity index (χ0) is 18.1. The minimum absolute atomic E-state index is 0.131. The first kappa shape index (κ1) is 17.6. The van der Waals surface area contributed by atoms with Crippen molar-refractivity contribution in [2.24, 2.45) is 0 Å². The van der Waals surface area contributed by atoms with Crippen LogP contribution in [0.3, 0.4) is 0 Å². The van der Waals surface area contributed by atoms with Crippen LogP contribution in [0.15, 0.2) is 42.7 Å². The molecule has 1 aromatic carbocycles. The summed E-state index contributed by atoms with van der Waals surface area (Å²) in [5.41, 5.74) is 1.21. The topological polar surface area (TPSA) is 46.1 Å². The second-order valence-corrected chi connectivity index (χ2v) is 9.75. The maximum Gasteiger partial charge on any atom is 0.140 e. The molecule has 3 aromatic rings. The summed E-state index contributed by atoms with van der Waals surface area (Å²) in [6, 6.07) is 12.6. The number of rotatable bonds is 4. The molecule has 0 bridgehead atoms. The van der Waals surface area contributed by atoms with Crippen LogP contribution >= 0.6 is 11.3 Å². The third-order valence-corrected chi connectivity index (χ3v) is 8.78. The molecular weight excluding hydrogens is 362 g/mol. The van der Waals surface area contributed by atoms with Gasteiger partial charge < -0.3 is 4.90 Å². The fourth-order valence-corrected chi connectivity index (χ4v) is 6.49. The molecule has 3 heterocycles. The van der Waals surface area contributed by atoms with E-state index in [0.29, 0.717) is 5.75 Å². The summed E-state index contributed by atoms with van der Waals surface area (Å²) < 4.78 is 12.5. The molecule has 0 radical (unpaired) electrons. The largest absolute Gasteiger partial charge is 0.354 e. The number of benzene rings is 1. The van der Waals surface area contributed by atoms with Gasteiger partial charge in [0, 0.05) is 34.5 Å². The number of hydrogen-bond donors (Lipinski definition) is 0. The molecule has 1 unspecified atom stereocenters. The van der Waals surface area contributed by atoms with Crippen LogP contribution in [0.1, 0.15) is 26.7 Å². The van der Waals surface area contributed by atoms with Gasteiger partial charge in [-0.3, -0.25) is 4.21 Å². The zero-order valence-corrected chi connectivity index (χ0v) is 16.8. The number of hydrogen-bond acceptors (Lipinski definition) is 5. The van der Waals surface area contributed by atoms with Crippen LogP contribution in [-0.4, -0.2) is 37.8 Å². The highest BCUT2D eigenvalue weighted by Crippen LogP contribution is 2.38. The van der Waals surface area contributed by atoms with Gasteiger partial charge in [-0.2, -0.15) is 0 Å². The Hall–Kier alpha value is -1.79. The van der Waals surface area contributed by atoms with Crippen molar-refractivity contribution in [1.29, 1.82) is 0 Å². The van der Waals surface area contributed by atoms with Crippen LogP contribution in [0.25, 0.3) is 20.7 Å². The van der Waals surface area contributed by atoms with E-state index in [-0.39, 0.29) is 4.75 Å². The summed E-state index contributed by atoms with van der Waals surface area (Å²) in [5, 5.41) is 1.10. The van der Waals surface area contributed by atoms with E-state index in [2.05, 4.69) is 59.0 Å². The summed E-state index contributed by atoms with van der Waals surface area (Å²) in [6.45, 7) is 5.89. The second kappa shape index (κ2) is 7.08. The lowest BCUT2D eigenvalue weighted by Crippen LogP contribution is -2.53. The van der Waals surface area contributed by atoms with Gasteiger partial charge in [-0.05, 0) is 24.5 Å². The Balaban J connectivity index is 1.75. The molecule has 1 saturated heterocycles. The highest BCUT2D eigenvalue weighted by Gasteiger charge is 2.39. The molecule has 0 saturated carbocycles. The molecule has 1 atom stereocenters. The molecule has 26 heavy (non-hydrogen) atoms. The Morgan fingerprint density at radius 3 is 2.69 bits per heavy atom. The van der Waals surface area contributed by atoms with E-state index >= 15 is 0 Å². The Labute approximate surface area is 160 Å². The van der Waals surface area contributed by atoms with Crippen molar-refractivity contribution in [1.82, 2.24) is 9.97 Å². The standard InChI is InChI=1S/C20H23N3OS2/c1-3-20(4-2)13-23(10-11-26(20)24)18-16-12-17(15-8-6-5-7-9-15)25-19(16)22-14-21-18/h5-9,12,14H,3-4,10-11,13H2,1-2H3. The number of nitrogens with zero attached hydrogens (tertiary/aromatic N) is 3. The predicted octanol–water partition coefficient (Wildman–Crippen LogP) is 4.49. The number of anilines is 1. The van der Waals surface area contributed by atoms with Crippen LogP contribution in [0.5, 0.6) is 0 Å². The molecule has 0 amide bonds. The maximum atomic E-state index is 12.7. The lowest BCUT2D eigenvalue weighted by Gasteiger charge is -2.41. The minimum Gasteiger partial charge on any atom is -0.354 e. The van der Waals surface area contributed by atoms with Crippen molar-refractivity contribution in [3.8, 4) is 10.4 Å². The summed E-state index contributed by atoms with van der Waals surface area (Å²) in [7, 11) is -0.772. The van der Waals surface area contributed by atoms with Gasteiger partial charge in [0.25, 0.3) is 0 Å². The van der Waals surface area contributed by atoms with Crippen molar-refractivity contribution in [2.75, 3.05) is 23.7 Å². The first-order chi connectivity index (χ1) is 12.7. The fourth-order valence-electron chi connectivity index (χ4n) is 3.72. The lowest BCUT2D eigenvalue weighted by atomic mass is 10.0. The zero-order valence-electron chi connectivity index (χ0n) is 15.1. The van der Waals surface area contributed by atoms with Gasteiger partial charge in [0.15, 0.2) is 0 Å². The van der Waals surface area contributed by atoms with E-state index in [1.165, 1.54) is 10.4 Å². The van der Waals surface area contributed by atoms with E-state index in [1.807, 2.05) is 6.07 Å². The quantitative estimate of drug-likeness (QED) is 0.664. The van der Waals surface area contributed by atoms with Crippen molar-refractivity contribution in [3.05, 3.63) is 42.7 Å². The SMILES string of the molecule is CCC1(CC)CN(c2ncnc3sc(-c4ccccc4)cc23)CCS1=O. The van der Waals surface area contributed by atoms with Crippen LogP contribution in [0.4, 0.5) is 5.82 Å². The molecule has 1 aliphatic heterocycles. The molecule has 6 heteroatoms. The first-order valence-corrected chi connectivity index (χ1v) is 11.2. The number of aromatic nitrogens is 2. The molecule has 0 spiro atoms. The second-order valence-electron chi connectivity index (χ2n) is 6.75. The van der Waals surface area contributed by atoms with E-state index in [0.717, 1.165) is 42.0 Å². The first-order valence-electron chi connectivity index (χ1n) is 9.10. The summed E-state index contributed by atoms with van der Waals surface area (Å²) in [5.74, 6) is 1.69.